The van der Waals surface area contributed by atoms with Crippen molar-refractivity contribution in [2.45, 2.75) is 13.8 Å². The van der Waals surface area contributed by atoms with Gasteiger partial charge in [-0.05, 0) is 43.7 Å². The molecule has 0 saturated heterocycles. The molecule has 0 aliphatic rings. The minimum absolute atomic E-state index is 0.394. The van der Waals surface area contributed by atoms with E-state index in [0.29, 0.717) is 28.7 Å². The van der Waals surface area contributed by atoms with Gasteiger partial charge in [-0.3, -0.25) is 0 Å². The van der Waals surface area contributed by atoms with Crippen LogP contribution in [0.1, 0.15) is 22.8 Å². The molecule has 2 rings (SSSR count). The molecule has 2 aromatic rings. The largest absolute Gasteiger partial charge is 0.493 e. The Morgan fingerprint density at radius 3 is 2.65 bits per heavy atom. The third-order valence-electron chi connectivity index (χ3n) is 2.76. The van der Waals surface area contributed by atoms with E-state index >= 15 is 0 Å². The van der Waals surface area contributed by atoms with Crippen LogP contribution in [0.2, 0.25) is 5.02 Å². The molecule has 0 fully saturated rings. The lowest BCUT2D eigenvalue weighted by Gasteiger charge is -2.10. The van der Waals surface area contributed by atoms with Gasteiger partial charge in [0.05, 0.1) is 6.61 Å². The maximum atomic E-state index is 12.2. The zero-order chi connectivity index (χ0) is 14.5. The number of benzene rings is 2. The number of hydrogen-bond donors (Lipinski definition) is 0. The molecule has 3 nitrogen and oxygen atoms in total. The normalized spacial score (nSPS) is 10.2. The van der Waals surface area contributed by atoms with Crippen LogP contribution in [0, 0.1) is 6.92 Å². The number of hydrogen-bond acceptors (Lipinski definition) is 3. The predicted molar refractivity (Wildman–Crippen MR) is 78.8 cm³/mol. The summed E-state index contributed by atoms with van der Waals surface area (Å²) in [5.41, 5.74) is 1.33. The Kier molecular flexibility index (Phi) is 4.64. The maximum absolute atomic E-state index is 12.2. The fourth-order valence-corrected chi connectivity index (χ4v) is 1.89. The Morgan fingerprint density at radius 2 is 1.95 bits per heavy atom. The SMILES string of the molecule is CCOc1ccccc1C(=O)Oc1ccc(C)c(Cl)c1. The number of halogens is 1. The molecule has 0 N–H and O–H groups in total. The minimum Gasteiger partial charge on any atom is -0.493 e. The van der Waals surface area contributed by atoms with Gasteiger partial charge in [0.2, 0.25) is 0 Å². The Balaban J connectivity index is 2.21. The summed E-state index contributed by atoms with van der Waals surface area (Å²) in [6.07, 6.45) is 0. The average Bonchev–Trinajstić information content (AvgIpc) is 2.44. The third kappa shape index (κ3) is 3.31. The Bertz CT molecular complexity index is 623. The number of esters is 1. The van der Waals surface area contributed by atoms with E-state index in [-0.39, 0.29) is 0 Å². The van der Waals surface area contributed by atoms with Crippen LogP contribution in [0.15, 0.2) is 42.5 Å². The fraction of sp³-hybridized carbons (Fsp3) is 0.188. The molecule has 104 valence electrons. The van der Waals surface area contributed by atoms with Crippen LogP contribution in [0.25, 0.3) is 0 Å². The highest BCUT2D eigenvalue weighted by Gasteiger charge is 2.14. The van der Waals surface area contributed by atoms with Crippen molar-refractivity contribution in [1.82, 2.24) is 0 Å². The molecule has 20 heavy (non-hydrogen) atoms. The second kappa shape index (κ2) is 6.44. The van der Waals surface area contributed by atoms with Gasteiger partial charge >= 0.3 is 5.97 Å². The number of ether oxygens (including phenoxy) is 2. The van der Waals surface area contributed by atoms with E-state index in [9.17, 15) is 4.79 Å². The van der Waals surface area contributed by atoms with Crippen LogP contribution >= 0.6 is 11.6 Å². The van der Waals surface area contributed by atoms with Crippen molar-refractivity contribution in [3.8, 4) is 11.5 Å². The van der Waals surface area contributed by atoms with Crippen LogP contribution < -0.4 is 9.47 Å². The molecule has 4 heteroatoms. The molecular weight excluding hydrogens is 276 g/mol. The van der Waals surface area contributed by atoms with Crippen LogP contribution in [0.5, 0.6) is 11.5 Å². The summed E-state index contributed by atoms with van der Waals surface area (Å²) < 4.78 is 10.7. The smallest absolute Gasteiger partial charge is 0.347 e. The van der Waals surface area contributed by atoms with E-state index in [1.807, 2.05) is 19.9 Å². The topological polar surface area (TPSA) is 35.5 Å². The highest BCUT2D eigenvalue weighted by atomic mass is 35.5. The van der Waals surface area contributed by atoms with E-state index in [0.717, 1.165) is 5.56 Å². The van der Waals surface area contributed by atoms with Crippen LogP contribution in [0.4, 0.5) is 0 Å². The molecule has 0 radical (unpaired) electrons. The number of aryl methyl sites for hydroxylation is 1. The second-order valence-electron chi connectivity index (χ2n) is 4.23. The molecule has 0 bridgehead atoms. The lowest BCUT2D eigenvalue weighted by molar-refractivity contribution is 0.0730. The zero-order valence-electron chi connectivity index (χ0n) is 11.4. The van der Waals surface area contributed by atoms with Crippen molar-refractivity contribution in [2.24, 2.45) is 0 Å². The standard InChI is InChI=1S/C16H15ClO3/c1-3-19-15-7-5-4-6-13(15)16(18)20-12-9-8-11(2)14(17)10-12/h4-10H,3H2,1-2H3. The van der Waals surface area contributed by atoms with Crippen molar-refractivity contribution in [1.29, 1.82) is 0 Å². The van der Waals surface area contributed by atoms with Crippen molar-refractivity contribution < 1.29 is 14.3 Å². The quantitative estimate of drug-likeness (QED) is 0.623. The summed E-state index contributed by atoms with van der Waals surface area (Å²) in [6.45, 7) is 4.24. The molecule has 0 aliphatic carbocycles. The van der Waals surface area contributed by atoms with Crippen LogP contribution in [-0.4, -0.2) is 12.6 Å². The first-order chi connectivity index (χ1) is 9.61. The summed E-state index contributed by atoms with van der Waals surface area (Å²) in [7, 11) is 0. The molecule has 2 aromatic carbocycles. The molecule has 0 unspecified atom stereocenters. The van der Waals surface area contributed by atoms with Crippen LogP contribution in [-0.2, 0) is 0 Å². The maximum Gasteiger partial charge on any atom is 0.347 e. The van der Waals surface area contributed by atoms with E-state index in [1.54, 1.807) is 36.4 Å². The molecule has 0 spiro atoms. The summed E-state index contributed by atoms with van der Waals surface area (Å²) in [5.74, 6) is 0.462. The Hall–Kier alpha value is -2.00. The third-order valence-corrected chi connectivity index (χ3v) is 3.17. The molecule has 0 heterocycles. The lowest BCUT2D eigenvalue weighted by Crippen LogP contribution is -2.10. The zero-order valence-corrected chi connectivity index (χ0v) is 12.1. The minimum atomic E-state index is -0.464. The summed E-state index contributed by atoms with van der Waals surface area (Å²) >= 11 is 6.01. The number of para-hydroxylation sites is 1. The number of carbonyl (C=O) groups excluding carboxylic acids is 1. The highest BCUT2D eigenvalue weighted by Crippen LogP contribution is 2.24. The lowest BCUT2D eigenvalue weighted by atomic mass is 10.2. The van der Waals surface area contributed by atoms with Crippen molar-refractivity contribution >= 4 is 17.6 Å². The van der Waals surface area contributed by atoms with Gasteiger partial charge in [-0.15, -0.1) is 0 Å². The van der Waals surface area contributed by atoms with Crippen molar-refractivity contribution in [3.63, 3.8) is 0 Å². The van der Waals surface area contributed by atoms with Gasteiger partial charge in [-0.25, -0.2) is 4.79 Å². The van der Waals surface area contributed by atoms with Gasteiger partial charge in [0, 0.05) is 5.02 Å². The van der Waals surface area contributed by atoms with Gasteiger partial charge in [-0.2, -0.15) is 0 Å². The van der Waals surface area contributed by atoms with E-state index in [1.165, 1.54) is 0 Å². The van der Waals surface area contributed by atoms with Gasteiger partial charge in [0.25, 0.3) is 0 Å². The van der Waals surface area contributed by atoms with Gasteiger partial charge in [0.1, 0.15) is 17.1 Å². The summed E-state index contributed by atoms with van der Waals surface area (Å²) in [5, 5.41) is 0.563. The fourth-order valence-electron chi connectivity index (χ4n) is 1.72. The van der Waals surface area contributed by atoms with E-state index < -0.39 is 5.97 Å². The Labute approximate surface area is 123 Å². The highest BCUT2D eigenvalue weighted by molar-refractivity contribution is 6.31. The van der Waals surface area contributed by atoms with Gasteiger partial charge < -0.3 is 9.47 Å². The molecular formula is C16H15ClO3. The monoisotopic (exact) mass is 290 g/mol. The first-order valence-corrected chi connectivity index (χ1v) is 6.69. The van der Waals surface area contributed by atoms with E-state index in [4.69, 9.17) is 21.1 Å². The first kappa shape index (κ1) is 14.4. The molecule has 0 aliphatic heterocycles. The summed E-state index contributed by atoms with van der Waals surface area (Å²) in [6, 6.07) is 12.1. The number of rotatable bonds is 4. The molecule has 0 amide bonds. The second-order valence-corrected chi connectivity index (χ2v) is 4.64. The number of carbonyl (C=O) groups is 1. The first-order valence-electron chi connectivity index (χ1n) is 6.32. The molecule has 0 aromatic heterocycles. The van der Waals surface area contributed by atoms with Crippen molar-refractivity contribution in [2.75, 3.05) is 6.61 Å². The molecule has 0 saturated carbocycles. The van der Waals surface area contributed by atoms with Gasteiger partial charge in [-0.1, -0.05) is 29.8 Å². The van der Waals surface area contributed by atoms with E-state index in [2.05, 4.69) is 0 Å². The van der Waals surface area contributed by atoms with Crippen LogP contribution in [0.3, 0.4) is 0 Å². The van der Waals surface area contributed by atoms with Gasteiger partial charge in [0.15, 0.2) is 0 Å². The predicted octanol–water partition coefficient (Wildman–Crippen LogP) is 4.27. The average molecular weight is 291 g/mol. The molecule has 0 atom stereocenters. The summed E-state index contributed by atoms with van der Waals surface area (Å²) in [4.78, 5) is 12.2. The Morgan fingerprint density at radius 1 is 1.20 bits per heavy atom. The van der Waals surface area contributed by atoms with Crippen molar-refractivity contribution in [3.05, 3.63) is 58.6 Å².